The molecule has 0 aliphatic heterocycles. The average Bonchev–Trinajstić information content (AvgIpc) is 2.94. The molecule has 0 saturated heterocycles. The summed E-state index contributed by atoms with van der Waals surface area (Å²) in [6.07, 6.45) is 1.59. The summed E-state index contributed by atoms with van der Waals surface area (Å²) in [5.74, 6) is 1.52. The molecule has 0 aliphatic carbocycles. The molecule has 0 aliphatic rings. The monoisotopic (exact) mass is 282 g/mol. The Morgan fingerprint density at radius 2 is 1.81 bits per heavy atom. The molecule has 6 nitrogen and oxygen atoms in total. The minimum Gasteiger partial charge on any atom is -0.507 e. The zero-order valence-corrected chi connectivity index (χ0v) is 11.7. The Morgan fingerprint density at radius 3 is 2.48 bits per heavy atom. The van der Waals surface area contributed by atoms with Gasteiger partial charge in [-0.05, 0) is 49.2 Å². The third-order valence-corrected chi connectivity index (χ3v) is 3.20. The summed E-state index contributed by atoms with van der Waals surface area (Å²) in [5.41, 5.74) is 8.69. The Kier molecular flexibility index (Phi) is 3.06. The lowest BCUT2D eigenvalue weighted by atomic mass is 10.1. The van der Waals surface area contributed by atoms with Crippen LogP contribution in [0, 0.1) is 13.8 Å². The number of aryl methyl sites for hydroxylation is 2. The van der Waals surface area contributed by atoms with Crippen molar-refractivity contribution in [3.05, 3.63) is 41.6 Å². The fourth-order valence-corrected chi connectivity index (χ4v) is 2.12. The topological polar surface area (TPSA) is 98.1 Å². The summed E-state index contributed by atoms with van der Waals surface area (Å²) >= 11 is 0. The Morgan fingerprint density at radius 1 is 1.10 bits per heavy atom. The molecule has 6 heteroatoms. The summed E-state index contributed by atoms with van der Waals surface area (Å²) in [6, 6.07) is 7.06. The van der Waals surface area contributed by atoms with Gasteiger partial charge in [-0.1, -0.05) is 5.16 Å². The molecule has 106 valence electrons. The summed E-state index contributed by atoms with van der Waals surface area (Å²) in [4.78, 5) is 8.28. The van der Waals surface area contributed by atoms with Gasteiger partial charge in [-0.2, -0.15) is 4.98 Å². The van der Waals surface area contributed by atoms with E-state index in [1.807, 2.05) is 26.0 Å². The van der Waals surface area contributed by atoms with E-state index in [2.05, 4.69) is 15.1 Å². The lowest BCUT2D eigenvalue weighted by molar-refractivity contribution is 0.432. The van der Waals surface area contributed by atoms with E-state index in [0.29, 0.717) is 23.1 Å². The maximum absolute atomic E-state index is 9.81. The second-order valence-electron chi connectivity index (χ2n) is 4.85. The molecular formula is C15H14N4O2. The SMILES string of the molecule is Cc1cc(-c2noc(-c3ccnc(N)c3)n2)cc(C)c1O. The van der Waals surface area contributed by atoms with Crippen LogP contribution in [-0.2, 0) is 0 Å². The first-order chi connectivity index (χ1) is 10.0. The van der Waals surface area contributed by atoms with Crippen molar-refractivity contribution in [2.75, 3.05) is 5.73 Å². The van der Waals surface area contributed by atoms with E-state index in [0.717, 1.165) is 16.7 Å². The van der Waals surface area contributed by atoms with Crippen LogP contribution in [0.4, 0.5) is 5.82 Å². The Balaban J connectivity index is 2.02. The van der Waals surface area contributed by atoms with Crippen LogP contribution in [0.5, 0.6) is 5.75 Å². The van der Waals surface area contributed by atoms with Crippen molar-refractivity contribution in [3.63, 3.8) is 0 Å². The van der Waals surface area contributed by atoms with Crippen molar-refractivity contribution in [1.82, 2.24) is 15.1 Å². The molecular weight excluding hydrogens is 268 g/mol. The van der Waals surface area contributed by atoms with Gasteiger partial charge in [0.1, 0.15) is 11.6 Å². The maximum atomic E-state index is 9.81. The normalized spacial score (nSPS) is 10.8. The smallest absolute Gasteiger partial charge is 0.258 e. The van der Waals surface area contributed by atoms with Gasteiger partial charge in [0, 0.05) is 17.3 Å². The lowest BCUT2D eigenvalue weighted by Crippen LogP contribution is -1.89. The van der Waals surface area contributed by atoms with Gasteiger partial charge in [0.2, 0.25) is 5.82 Å². The number of nitrogens with two attached hydrogens (primary N) is 1. The summed E-state index contributed by atoms with van der Waals surface area (Å²) in [7, 11) is 0. The number of hydrogen-bond donors (Lipinski definition) is 2. The van der Waals surface area contributed by atoms with E-state index in [1.165, 1.54) is 0 Å². The number of aromatic nitrogens is 3. The molecule has 0 unspecified atom stereocenters. The van der Waals surface area contributed by atoms with Crippen LogP contribution in [0.25, 0.3) is 22.8 Å². The van der Waals surface area contributed by atoms with Gasteiger partial charge in [0.05, 0.1) is 0 Å². The van der Waals surface area contributed by atoms with Gasteiger partial charge in [-0.25, -0.2) is 4.98 Å². The molecule has 3 rings (SSSR count). The minimum atomic E-state index is 0.282. The predicted molar refractivity (Wildman–Crippen MR) is 78.5 cm³/mol. The molecule has 0 atom stereocenters. The first kappa shape index (κ1) is 13.1. The number of hydrogen-bond acceptors (Lipinski definition) is 6. The van der Waals surface area contributed by atoms with Crippen molar-refractivity contribution in [2.24, 2.45) is 0 Å². The molecule has 1 aromatic carbocycles. The molecule has 3 aromatic rings. The molecule has 0 fully saturated rings. The number of phenols is 1. The van der Waals surface area contributed by atoms with Crippen LogP contribution in [0.15, 0.2) is 35.0 Å². The highest BCUT2D eigenvalue weighted by molar-refractivity contribution is 5.64. The van der Waals surface area contributed by atoms with Gasteiger partial charge in [0.15, 0.2) is 0 Å². The van der Waals surface area contributed by atoms with Gasteiger partial charge in [0.25, 0.3) is 5.89 Å². The number of benzene rings is 1. The fourth-order valence-electron chi connectivity index (χ4n) is 2.12. The second-order valence-corrected chi connectivity index (χ2v) is 4.85. The molecule has 0 radical (unpaired) electrons. The number of anilines is 1. The standard InChI is InChI=1S/C15H14N4O2/c1-8-5-11(6-9(2)13(8)20)14-18-15(21-19-14)10-3-4-17-12(16)7-10/h3-7,20H,1-2H3,(H2,16,17). The second kappa shape index (κ2) is 4.90. The third-order valence-electron chi connectivity index (χ3n) is 3.20. The van der Waals surface area contributed by atoms with E-state index in [9.17, 15) is 5.11 Å². The zero-order chi connectivity index (χ0) is 15.0. The number of pyridine rings is 1. The molecule has 21 heavy (non-hydrogen) atoms. The van der Waals surface area contributed by atoms with E-state index < -0.39 is 0 Å². The van der Waals surface area contributed by atoms with Crippen LogP contribution < -0.4 is 5.73 Å². The molecule has 2 heterocycles. The molecule has 0 amide bonds. The zero-order valence-electron chi connectivity index (χ0n) is 11.7. The number of aromatic hydroxyl groups is 1. The largest absolute Gasteiger partial charge is 0.507 e. The fraction of sp³-hybridized carbons (Fsp3) is 0.133. The molecule has 0 bridgehead atoms. The predicted octanol–water partition coefficient (Wildman–Crippen LogP) is 2.70. The molecule has 0 saturated carbocycles. The van der Waals surface area contributed by atoms with E-state index in [-0.39, 0.29) is 5.75 Å². The van der Waals surface area contributed by atoms with Crippen molar-refractivity contribution >= 4 is 5.82 Å². The van der Waals surface area contributed by atoms with Crippen LogP contribution in [0.2, 0.25) is 0 Å². The number of rotatable bonds is 2. The quantitative estimate of drug-likeness (QED) is 0.750. The Labute approximate surface area is 121 Å². The van der Waals surface area contributed by atoms with Crippen molar-refractivity contribution in [3.8, 4) is 28.6 Å². The van der Waals surface area contributed by atoms with Gasteiger partial charge >= 0.3 is 0 Å². The number of nitrogens with zero attached hydrogens (tertiary/aromatic N) is 3. The minimum absolute atomic E-state index is 0.282. The van der Waals surface area contributed by atoms with Crippen LogP contribution in [-0.4, -0.2) is 20.2 Å². The summed E-state index contributed by atoms with van der Waals surface area (Å²) in [5, 5.41) is 13.8. The van der Waals surface area contributed by atoms with E-state index >= 15 is 0 Å². The van der Waals surface area contributed by atoms with Gasteiger partial charge in [-0.15, -0.1) is 0 Å². The number of nitrogen functional groups attached to an aromatic ring is 1. The van der Waals surface area contributed by atoms with Crippen LogP contribution >= 0.6 is 0 Å². The highest BCUT2D eigenvalue weighted by Gasteiger charge is 2.13. The average molecular weight is 282 g/mol. The van der Waals surface area contributed by atoms with Gasteiger partial charge < -0.3 is 15.4 Å². The first-order valence-electron chi connectivity index (χ1n) is 6.41. The van der Waals surface area contributed by atoms with E-state index in [4.69, 9.17) is 10.3 Å². The highest BCUT2D eigenvalue weighted by Crippen LogP contribution is 2.29. The summed E-state index contributed by atoms with van der Waals surface area (Å²) in [6.45, 7) is 3.66. The Hall–Kier alpha value is -2.89. The lowest BCUT2D eigenvalue weighted by Gasteiger charge is -2.04. The summed E-state index contributed by atoms with van der Waals surface area (Å²) < 4.78 is 5.26. The van der Waals surface area contributed by atoms with Crippen LogP contribution in [0.1, 0.15) is 11.1 Å². The van der Waals surface area contributed by atoms with Crippen LogP contribution in [0.3, 0.4) is 0 Å². The van der Waals surface area contributed by atoms with Crippen molar-refractivity contribution in [1.29, 1.82) is 0 Å². The molecule has 0 spiro atoms. The third kappa shape index (κ3) is 2.43. The first-order valence-corrected chi connectivity index (χ1v) is 6.41. The molecule has 2 aromatic heterocycles. The van der Waals surface area contributed by atoms with Gasteiger partial charge in [-0.3, -0.25) is 0 Å². The Bertz CT molecular complexity index is 788. The van der Waals surface area contributed by atoms with Crippen molar-refractivity contribution in [2.45, 2.75) is 13.8 Å². The van der Waals surface area contributed by atoms with Crippen molar-refractivity contribution < 1.29 is 9.63 Å². The number of phenolic OH excluding ortho intramolecular Hbond substituents is 1. The molecule has 3 N–H and O–H groups in total. The highest BCUT2D eigenvalue weighted by atomic mass is 16.5. The maximum Gasteiger partial charge on any atom is 0.258 e. The van der Waals surface area contributed by atoms with E-state index in [1.54, 1.807) is 18.3 Å².